The van der Waals surface area contributed by atoms with E-state index in [0.29, 0.717) is 19.5 Å². The van der Waals surface area contributed by atoms with Crippen LogP contribution in [0.25, 0.3) is 0 Å². The van der Waals surface area contributed by atoms with E-state index in [9.17, 15) is 4.79 Å². The van der Waals surface area contributed by atoms with Crippen molar-refractivity contribution < 1.29 is 9.53 Å². The molecule has 0 bridgehead atoms. The number of hydrogen-bond acceptors (Lipinski definition) is 3. The summed E-state index contributed by atoms with van der Waals surface area (Å²) in [6.07, 6.45) is 2.74. The van der Waals surface area contributed by atoms with Crippen LogP contribution >= 0.6 is 0 Å². The summed E-state index contributed by atoms with van der Waals surface area (Å²) in [6, 6.07) is 0.224. The smallest absolute Gasteiger partial charge is 0.225 e. The Kier molecular flexibility index (Phi) is 5.05. The molecule has 4 heteroatoms. The summed E-state index contributed by atoms with van der Waals surface area (Å²) >= 11 is 0. The molecule has 1 aliphatic rings. The van der Waals surface area contributed by atoms with E-state index in [1.165, 1.54) is 0 Å². The lowest BCUT2D eigenvalue weighted by atomic mass is 10.1. The van der Waals surface area contributed by atoms with Crippen molar-refractivity contribution >= 4 is 5.91 Å². The van der Waals surface area contributed by atoms with Gasteiger partial charge in [-0.05, 0) is 26.7 Å². The van der Waals surface area contributed by atoms with Gasteiger partial charge < -0.3 is 15.4 Å². The maximum absolute atomic E-state index is 11.9. The lowest BCUT2D eigenvalue weighted by molar-refractivity contribution is -0.135. The SMILES string of the molecule is CC(C)N(CCN)C(=O)CC1CCCO1. The van der Waals surface area contributed by atoms with Crippen molar-refractivity contribution in [3.63, 3.8) is 0 Å². The monoisotopic (exact) mass is 214 g/mol. The number of nitrogens with two attached hydrogens (primary N) is 1. The maximum atomic E-state index is 11.9. The Morgan fingerprint density at radius 2 is 2.33 bits per heavy atom. The molecule has 0 spiro atoms. The Bertz CT molecular complexity index is 201. The Labute approximate surface area is 91.8 Å². The van der Waals surface area contributed by atoms with Crippen LogP contribution in [0.5, 0.6) is 0 Å². The first kappa shape index (κ1) is 12.5. The molecule has 4 nitrogen and oxygen atoms in total. The Hall–Kier alpha value is -0.610. The van der Waals surface area contributed by atoms with Crippen LogP contribution in [0.2, 0.25) is 0 Å². The van der Waals surface area contributed by atoms with Gasteiger partial charge in [-0.1, -0.05) is 0 Å². The average molecular weight is 214 g/mol. The van der Waals surface area contributed by atoms with Gasteiger partial charge in [0, 0.05) is 25.7 Å². The predicted octanol–water partition coefficient (Wildman–Crippen LogP) is 0.751. The minimum Gasteiger partial charge on any atom is -0.378 e. The summed E-state index contributed by atoms with van der Waals surface area (Å²) in [6.45, 7) is 6.00. The third-order valence-electron chi connectivity index (χ3n) is 2.74. The van der Waals surface area contributed by atoms with Gasteiger partial charge in [-0.25, -0.2) is 0 Å². The molecule has 0 aromatic heterocycles. The second kappa shape index (κ2) is 6.08. The first-order chi connectivity index (χ1) is 7.15. The molecule has 0 radical (unpaired) electrons. The van der Waals surface area contributed by atoms with Crippen LogP contribution in [-0.2, 0) is 9.53 Å². The topological polar surface area (TPSA) is 55.6 Å². The molecule has 1 amide bonds. The molecule has 1 rings (SSSR count). The van der Waals surface area contributed by atoms with Crippen LogP contribution in [0.15, 0.2) is 0 Å². The van der Waals surface area contributed by atoms with E-state index in [0.717, 1.165) is 19.4 Å². The zero-order chi connectivity index (χ0) is 11.3. The molecular formula is C11H22N2O2. The molecule has 0 saturated carbocycles. The summed E-state index contributed by atoms with van der Waals surface area (Å²) in [5.74, 6) is 0.169. The van der Waals surface area contributed by atoms with Crippen molar-refractivity contribution in [1.29, 1.82) is 0 Å². The molecule has 0 aliphatic carbocycles. The summed E-state index contributed by atoms with van der Waals surface area (Å²) in [7, 11) is 0. The average Bonchev–Trinajstić information content (AvgIpc) is 2.65. The van der Waals surface area contributed by atoms with Crippen molar-refractivity contribution in [3.05, 3.63) is 0 Å². The number of amides is 1. The number of ether oxygens (including phenoxy) is 1. The fraction of sp³-hybridized carbons (Fsp3) is 0.909. The number of nitrogens with zero attached hydrogens (tertiary/aromatic N) is 1. The predicted molar refractivity (Wildman–Crippen MR) is 59.5 cm³/mol. The molecule has 1 unspecified atom stereocenters. The highest BCUT2D eigenvalue weighted by Gasteiger charge is 2.23. The normalized spacial score (nSPS) is 20.9. The Balaban J connectivity index is 2.40. The largest absolute Gasteiger partial charge is 0.378 e. The van der Waals surface area contributed by atoms with Gasteiger partial charge in [0.15, 0.2) is 0 Å². The molecule has 1 saturated heterocycles. The highest BCUT2D eigenvalue weighted by atomic mass is 16.5. The number of hydrogen-bond donors (Lipinski definition) is 1. The van der Waals surface area contributed by atoms with Crippen molar-refractivity contribution in [2.75, 3.05) is 19.7 Å². The van der Waals surface area contributed by atoms with E-state index in [1.54, 1.807) is 0 Å². The van der Waals surface area contributed by atoms with Crippen molar-refractivity contribution in [3.8, 4) is 0 Å². The Morgan fingerprint density at radius 3 is 2.80 bits per heavy atom. The standard InChI is InChI=1S/C11H22N2O2/c1-9(2)13(6-5-12)11(14)8-10-4-3-7-15-10/h9-10H,3-8,12H2,1-2H3. The van der Waals surface area contributed by atoms with Crippen LogP contribution in [-0.4, -0.2) is 42.6 Å². The van der Waals surface area contributed by atoms with Crippen molar-refractivity contribution in [1.82, 2.24) is 4.90 Å². The van der Waals surface area contributed by atoms with Crippen LogP contribution in [0, 0.1) is 0 Å². The first-order valence-corrected chi connectivity index (χ1v) is 5.76. The van der Waals surface area contributed by atoms with E-state index in [2.05, 4.69) is 0 Å². The molecule has 2 N–H and O–H groups in total. The van der Waals surface area contributed by atoms with E-state index < -0.39 is 0 Å². The molecule has 1 heterocycles. The minimum atomic E-state index is 0.136. The van der Waals surface area contributed by atoms with Gasteiger partial charge in [-0.15, -0.1) is 0 Å². The fourth-order valence-corrected chi connectivity index (χ4v) is 1.93. The van der Waals surface area contributed by atoms with E-state index in [4.69, 9.17) is 10.5 Å². The minimum absolute atomic E-state index is 0.136. The Morgan fingerprint density at radius 1 is 1.60 bits per heavy atom. The second-order valence-corrected chi connectivity index (χ2v) is 4.31. The van der Waals surface area contributed by atoms with Crippen LogP contribution in [0.3, 0.4) is 0 Å². The summed E-state index contributed by atoms with van der Waals surface area (Å²) in [4.78, 5) is 13.8. The van der Waals surface area contributed by atoms with Gasteiger partial charge in [-0.2, -0.15) is 0 Å². The van der Waals surface area contributed by atoms with Crippen LogP contribution in [0.1, 0.15) is 33.1 Å². The van der Waals surface area contributed by atoms with E-state index in [1.807, 2.05) is 18.7 Å². The van der Waals surface area contributed by atoms with Crippen LogP contribution in [0.4, 0.5) is 0 Å². The number of rotatable bonds is 5. The van der Waals surface area contributed by atoms with Gasteiger partial charge in [0.05, 0.1) is 12.5 Å². The summed E-state index contributed by atoms with van der Waals surface area (Å²) in [5, 5.41) is 0. The van der Waals surface area contributed by atoms with Crippen LogP contribution < -0.4 is 5.73 Å². The quantitative estimate of drug-likeness (QED) is 0.735. The molecular weight excluding hydrogens is 192 g/mol. The third-order valence-corrected chi connectivity index (χ3v) is 2.74. The zero-order valence-electron chi connectivity index (χ0n) is 9.74. The molecule has 0 aromatic carbocycles. The number of carbonyl (C=O) groups excluding carboxylic acids is 1. The van der Waals surface area contributed by atoms with Gasteiger partial charge in [-0.3, -0.25) is 4.79 Å². The fourth-order valence-electron chi connectivity index (χ4n) is 1.93. The summed E-state index contributed by atoms with van der Waals surface area (Å²) < 4.78 is 5.45. The third kappa shape index (κ3) is 3.80. The molecule has 1 fully saturated rings. The molecule has 0 aromatic rings. The summed E-state index contributed by atoms with van der Waals surface area (Å²) in [5.41, 5.74) is 5.49. The molecule has 15 heavy (non-hydrogen) atoms. The van der Waals surface area contributed by atoms with Gasteiger partial charge in [0.2, 0.25) is 5.91 Å². The number of carbonyl (C=O) groups is 1. The van der Waals surface area contributed by atoms with E-state index >= 15 is 0 Å². The van der Waals surface area contributed by atoms with Crippen molar-refractivity contribution in [2.45, 2.75) is 45.3 Å². The van der Waals surface area contributed by atoms with Crippen molar-refractivity contribution in [2.24, 2.45) is 5.73 Å². The molecule has 1 aliphatic heterocycles. The highest BCUT2D eigenvalue weighted by molar-refractivity contribution is 5.77. The van der Waals surface area contributed by atoms with Gasteiger partial charge >= 0.3 is 0 Å². The lowest BCUT2D eigenvalue weighted by Crippen LogP contribution is -2.41. The van der Waals surface area contributed by atoms with Gasteiger partial charge in [0.1, 0.15) is 0 Å². The lowest BCUT2D eigenvalue weighted by Gasteiger charge is -2.27. The van der Waals surface area contributed by atoms with E-state index in [-0.39, 0.29) is 18.1 Å². The zero-order valence-corrected chi connectivity index (χ0v) is 9.74. The first-order valence-electron chi connectivity index (χ1n) is 5.76. The second-order valence-electron chi connectivity index (χ2n) is 4.31. The molecule has 1 atom stereocenters. The highest BCUT2D eigenvalue weighted by Crippen LogP contribution is 2.16. The maximum Gasteiger partial charge on any atom is 0.225 e. The molecule has 88 valence electrons. The van der Waals surface area contributed by atoms with Gasteiger partial charge in [0.25, 0.3) is 0 Å².